The van der Waals surface area contributed by atoms with E-state index in [0.29, 0.717) is 43.4 Å². The second kappa shape index (κ2) is 9.14. The average Bonchev–Trinajstić information content (AvgIpc) is 3.06. The van der Waals surface area contributed by atoms with E-state index in [9.17, 15) is 14.7 Å². The van der Waals surface area contributed by atoms with Crippen LogP contribution in [0.3, 0.4) is 0 Å². The second-order valence-electron chi connectivity index (χ2n) is 10.0. The number of benzene rings is 2. The number of Topliss-reactive ketones (excluding diaryl/α,β-unsaturated/α-hetero) is 1. The van der Waals surface area contributed by atoms with Gasteiger partial charge in [0.1, 0.15) is 19.0 Å². The Balaban J connectivity index is 1.81. The number of carbonyl (C=O) groups is 2. The zero-order valence-corrected chi connectivity index (χ0v) is 20.4. The van der Waals surface area contributed by atoms with Crippen molar-refractivity contribution in [3.8, 4) is 11.5 Å². The van der Waals surface area contributed by atoms with Crippen molar-refractivity contribution >= 4 is 17.4 Å². The average molecular weight is 465 g/mol. The number of aliphatic hydroxyl groups excluding tert-OH is 1. The smallest absolute Gasteiger partial charge is 0.295 e. The molecule has 34 heavy (non-hydrogen) atoms. The van der Waals surface area contributed by atoms with Gasteiger partial charge in [-0.1, -0.05) is 45.0 Å². The van der Waals surface area contributed by atoms with Crippen molar-refractivity contribution in [1.82, 2.24) is 9.80 Å². The molecule has 1 N–H and O–H groups in total. The summed E-state index contributed by atoms with van der Waals surface area (Å²) < 4.78 is 11.2. The van der Waals surface area contributed by atoms with Crippen molar-refractivity contribution in [2.75, 3.05) is 40.4 Å². The number of hydrogen-bond acceptors (Lipinski definition) is 6. The van der Waals surface area contributed by atoms with Crippen LogP contribution in [0.5, 0.6) is 11.5 Å². The Bertz CT molecular complexity index is 1130. The third-order valence-corrected chi connectivity index (χ3v) is 6.24. The quantitative estimate of drug-likeness (QED) is 0.413. The largest absolute Gasteiger partial charge is 0.507 e. The SMILES string of the molecule is CN(C)CCN1C(=O)C(=O)C(=C(O)c2ccc3c(c2)OCCO3)C1c1ccc(C(C)(C)C)cc1. The van der Waals surface area contributed by atoms with Gasteiger partial charge in [0.2, 0.25) is 0 Å². The maximum absolute atomic E-state index is 13.2. The fraction of sp³-hybridized carbons (Fsp3) is 0.407. The molecule has 1 amide bonds. The Morgan fingerprint density at radius 3 is 2.29 bits per heavy atom. The van der Waals surface area contributed by atoms with Gasteiger partial charge in [-0.3, -0.25) is 9.59 Å². The molecule has 2 aromatic carbocycles. The molecular weight excluding hydrogens is 432 g/mol. The standard InChI is InChI=1S/C27H32N2O5/c1-27(2,3)19-9-6-17(7-10-19)23-22(25(31)26(32)29(23)13-12-28(4)5)24(30)18-8-11-20-21(16-18)34-15-14-33-20/h6-11,16,23,30H,12-15H2,1-5H3. The van der Waals surface area contributed by atoms with Crippen molar-refractivity contribution in [1.29, 1.82) is 0 Å². The molecule has 7 nitrogen and oxygen atoms in total. The van der Waals surface area contributed by atoms with E-state index in [4.69, 9.17) is 9.47 Å². The van der Waals surface area contributed by atoms with Gasteiger partial charge in [-0.2, -0.15) is 0 Å². The van der Waals surface area contributed by atoms with Crippen LogP contribution in [0, 0.1) is 0 Å². The Morgan fingerprint density at radius 2 is 1.68 bits per heavy atom. The minimum atomic E-state index is -0.684. The number of carbonyl (C=O) groups excluding carboxylic acids is 2. The van der Waals surface area contributed by atoms with Crippen molar-refractivity contribution in [2.24, 2.45) is 0 Å². The number of nitrogens with zero attached hydrogens (tertiary/aromatic N) is 2. The fourth-order valence-electron chi connectivity index (χ4n) is 4.28. The summed E-state index contributed by atoms with van der Waals surface area (Å²) >= 11 is 0. The lowest BCUT2D eigenvalue weighted by Gasteiger charge is -2.27. The Hall–Kier alpha value is -3.32. The summed E-state index contributed by atoms with van der Waals surface area (Å²) in [4.78, 5) is 29.8. The van der Waals surface area contributed by atoms with Crippen LogP contribution in [0.4, 0.5) is 0 Å². The second-order valence-corrected chi connectivity index (χ2v) is 10.0. The topological polar surface area (TPSA) is 79.3 Å². The number of aliphatic hydroxyl groups is 1. The molecule has 2 aliphatic rings. The van der Waals surface area contributed by atoms with E-state index in [2.05, 4.69) is 20.8 Å². The summed E-state index contributed by atoms with van der Waals surface area (Å²) in [7, 11) is 3.83. The molecule has 7 heteroatoms. The first-order chi connectivity index (χ1) is 16.1. The van der Waals surface area contributed by atoms with Crippen LogP contribution in [-0.4, -0.2) is 67.0 Å². The molecule has 2 aromatic rings. The minimum absolute atomic E-state index is 0.0313. The number of ketones is 1. The lowest BCUT2D eigenvalue weighted by Crippen LogP contribution is -2.35. The molecular formula is C27H32N2O5. The summed E-state index contributed by atoms with van der Waals surface area (Å²) in [5.74, 6) is -0.416. The van der Waals surface area contributed by atoms with Crippen LogP contribution >= 0.6 is 0 Å². The van der Waals surface area contributed by atoms with Crippen LogP contribution < -0.4 is 9.47 Å². The van der Waals surface area contributed by atoms with E-state index < -0.39 is 17.7 Å². The number of rotatable bonds is 5. The predicted octanol–water partition coefficient (Wildman–Crippen LogP) is 3.74. The highest BCUT2D eigenvalue weighted by Crippen LogP contribution is 2.41. The summed E-state index contributed by atoms with van der Waals surface area (Å²) in [6.45, 7) is 8.22. The summed E-state index contributed by atoms with van der Waals surface area (Å²) in [6.07, 6.45) is 0. The molecule has 180 valence electrons. The number of likely N-dealkylation sites (N-methyl/N-ethyl adjacent to an activating group) is 1. The first-order valence-electron chi connectivity index (χ1n) is 11.5. The van der Waals surface area contributed by atoms with Gasteiger partial charge >= 0.3 is 0 Å². The van der Waals surface area contributed by atoms with E-state index in [1.165, 1.54) is 0 Å². The van der Waals surface area contributed by atoms with Crippen LogP contribution in [0.1, 0.15) is 43.5 Å². The molecule has 1 fully saturated rings. The lowest BCUT2D eigenvalue weighted by molar-refractivity contribution is -0.140. The molecule has 0 radical (unpaired) electrons. The maximum atomic E-state index is 13.2. The monoisotopic (exact) mass is 464 g/mol. The van der Waals surface area contributed by atoms with Gasteiger partial charge in [0, 0.05) is 18.7 Å². The molecule has 2 heterocycles. The van der Waals surface area contributed by atoms with Crippen molar-refractivity contribution in [2.45, 2.75) is 32.2 Å². The summed E-state index contributed by atoms with van der Waals surface area (Å²) in [5.41, 5.74) is 2.39. The highest BCUT2D eigenvalue weighted by atomic mass is 16.6. The maximum Gasteiger partial charge on any atom is 0.295 e. The van der Waals surface area contributed by atoms with Crippen LogP contribution in [0.15, 0.2) is 48.0 Å². The molecule has 2 aliphatic heterocycles. The van der Waals surface area contributed by atoms with Crippen LogP contribution in [0.2, 0.25) is 0 Å². The Kier molecular flexibility index (Phi) is 6.41. The van der Waals surface area contributed by atoms with Crippen molar-refractivity contribution < 1.29 is 24.2 Å². The highest BCUT2D eigenvalue weighted by molar-refractivity contribution is 6.46. The molecule has 0 spiro atoms. The fourth-order valence-corrected chi connectivity index (χ4v) is 4.28. The lowest BCUT2D eigenvalue weighted by atomic mass is 9.85. The van der Waals surface area contributed by atoms with E-state index in [-0.39, 0.29) is 16.7 Å². The van der Waals surface area contributed by atoms with Crippen molar-refractivity contribution in [3.05, 3.63) is 64.7 Å². The third-order valence-electron chi connectivity index (χ3n) is 6.24. The molecule has 4 rings (SSSR count). The van der Waals surface area contributed by atoms with Gasteiger partial charge in [-0.15, -0.1) is 0 Å². The van der Waals surface area contributed by atoms with E-state index in [1.807, 2.05) is 43.3 Å². The predicted molar refractivity (Wildman–Crippen MR) is 130 cm³/mol. The van der Waals surface area contributed by atoms with Gasteiger partial charge in [0.25, 0.3) is 11.7 Å². The van der Waals surface area contributed by atoms with Crippen LogP contribution in [0.25, 0.3) is 5.76 Å². The van der Waals surface area contributed by atoms with Gasteiger partial charge < -0.3 is 24.4 Å². The first-order valence-corrected chi connectivity index (χ1v) is 11.5. The molecule has 1 atom stereocenters. The van der Waals surface area contributed by atoms with E-state index >= 15 is 0 Å². The number of fused-ring (bicyclic) bond motifs is 1. The zero-order chi connectivity index (χ0) is 24.6. The van der Waals surface area contributed by atoms with Gasteiger partial charge in [0.15, 0.2) is 11.5 Å². The summed E-state index contributed by atoms with van der Waals surface area (Å²) in [6, 6.07) is 12.3. The zero-order valence-electron chi connectivity index (χ0n) is 20.4. The Morgan fingerprint density at radius 1 is 1.03 bits per heavy atom. The Labute approximate surface area is 200 Å². The van der Waals surface area contributed by atoms with E-state index in [1.54, 1.807) is 23.1 Å². The van der Waals surface area contributed by atoms with Gasteiger partial charge in [-0.05, 0) is 48.8 Å². The molecule has 0 bridgehead atoms. The third kappa shape index (κ3) is 4.53. The molecule has 0 saturated carbocycles. The number of amides is 1. The summed E-state index contributed by atoms with van der Waals surface area (Å²) in [5, 5.41) is 11.3. The first kappa shape index (κ1) is 23.8. The minimum Gasteiger partial charge on any atom is -0.507 e. The van der Waals surface area contributed by atoms with Gasteiger partial charge in [-0.25, -0.2) is 0 Å². The molecule has 0 aromatic heterocycles. The molecule has 1 saturated heterocycles. The number of hydrogen-bond donors (Lipinski definition) is 1. The highest BCUT2D eigenvalue weighted by Gasteiger charge is 2.46. The number of likely N-dealkylation sites (tertiary alicyclic amines) is 1. The molecule has 1 unspecified atom stereocenters. The van der Waals surface area contributed by atoms with Crippen molar-refractivity contribution in [3.63, 3.8) is 0 Å². The van der Waals surface area contributed by atoms with E-state index in [0.717, 1.165) is 11.1 Å². The van der Waals surface area contributed by atoms with Gasteiger partial charge in [0.05, 0.1) is 11.6 Å². The molecule has 0 aliphatic carbocycles. The number of ether oxygens (including phenoxy) is 2. The van der Waals surface area contributed by atoms with Crippen LogP contribution in [-0.2, 0) is 15.0 Å². The normalized spacial score (nSPS) is 19.7.